The summed E-state index contributed by atoms with van der Waals surface area (Å²) >= 11 is 12.1. The largest absolute Gasteiger partial charge is 0.471 e. The highest BCUT2D eigenvalue weighted by Crippen LogP contribution is 2.28. The quantitative estimate of drug-likeness (QED) is 0.619. The van der Waals surface area contributed by atoms with Crippen molar-refractivity contribution in [2.45, 2.75) is 5.38 Å². The molecular formula is C16H14Cl2N2O3. The van der Waals surface area contributed by atoms with Gasteiger partial charge in [0.1, 0.15) is 5.38 Å². The van der Waals surface area contributed by atoms with Crippen molar-refractivity contribution in [1.82, 2.24) is 5.32 Å². The Bertz CT molecular complexity index is 708. The van der Waals surface area contributed by atoms with Gasteiger partial charge >= 0.3 is 0 Å². The molecule has 2 aromatic rings. The third kappa shape index (κ3) is 4.37. The molecule has 0 fully saturated rings. The lowest BCUT2D eigenvalue weighted by molar-refractivity contribution is -0.121. The fourth-order valence-electron chi connectivity index (χ4n) is 1.89. The molecule has 0 spiro atoms. The SMILES string of the molecule is NC(=O)c1cccc(Cl)c1OCNC(=O)C(Cl)c1ccccc1. The molecule has 2 aromatic carbocycles. The number of carbonyl (C=O) groups excluding carboxylic acids is 2. The molecule has 120 valence electrons. The minimum atomic E-state index is -0.846. The van der Waals surface area contributed by atoms with Crippen LogP contribution >= 0.6 is 23.2 Å². The average Bonchev–Trinajstić information content (AvgIpc) is 2.56. The first kappa shape index (κ1) is 17.1. The topological polar surface area (TPSA) is 81.4 Å². The molecule has 0 aliphatic rings. The van der Waals surface area contributed by atoms with E-state index in [4.69, 9.17) is 33.7 Å². The maximum absolute atomic E-state index is 12.0. The van der Waals surface area contributed by atoms with Crippen molar-refractivity contribution in [2.24, 2.45) is 5.73 Å². The van der Waals surface area contributed by atoms with E-state index in [2.05, 4.69) is 5.32 Å². The van der Waals surface area contributed by atoms with E-state index in [1.165, 1.54) is 6.07 Å². The van der Waals surface area contributed by atoms with Crippen LogP contribution in [0.15, 0.2) is 48.5 Å². The van der Waals surface area contributed by atoms with Crippen LogP contribution in [0.4, 0.5) is 0 Å². The monoisotopic (exact) mass is 352 g/mol. The average molecular weight is 353 g/mol. The Morgan fingerprint density at radius 2 is 1.83 bits per heavy atom. The van der Waals surface area contributed by atoms with Gasteiger partial charge in [-0.2, -0.15) is 0 Å². The zero-order valence-corrected chi connectivity index (χ0v) is 13.5. The lowest BCUT2D eigenvalue weighted by Crippen LogP contribution is -2.31. The lowest BCUT2D eigenvalue weighted by Gasteiger charge is -2.14. The predicted molar refractivity (Wildman–Crippen MR) is 88.6 cm³/mol. The summed E-state index contributed by atoms with van der Waals surface area (Å²) in [5.74, 6) is -0.980. The first-order valence-corrected chi connectivity index (χ1v) is 7.50. The second-order valence-corrected chi connectivity index (χ2v) is 5.43. The number of primary amides is 1. The molecule has 0 aliphatic heterocycles. The van der Waals surface area contributed by atoms with E-state index >= 15 is 0 Å². The Labute approximate surface area is 143 Å². The number of alkyl halides is 1. The molecule has 7 heteroatoms. The number of hydrogen-bond donors (Lipinski definition) is 2. The van der Waals surface area contributed by atoms with Crippen molar-refractivity contribution in [3.05, 3.63) is 64.7 Å². The third-order valence-electron chi connectivity index (χ3n) is 3.02. The first-order chi connectivity index (χ1) is 11.0. The molecule has 0 radical (unpaired) electrons. The highest BCUT2D eigenvalue weighted by Gasteiger charge is 2.18. The van der Waals surface area contributed by atoms with Crippen molar-refractivity contribution in [3.63, 3.8) is 0 Å². The van der Waals surface area contributed by atoms with Crippen LogP contribution in [0.1, 0.15) is 21.3 Å². The number of carbonyl (C=O) groups is 2. The van der Waals surface area contributed by atoms with Crippen LogP contribution in [-0.4, -0.2) is 18.5 Å². The number of rotatable bonds is 6. The van der Waals surface area contributed by atoms with E-state index in [1.54, 1.807) is 36.4 Å². The fraction of sp³-hybridized carbons (Fsp3) is 0.125. The van der Waals surface area contributed by atoms with Gasteiger partial charge in [-0.1, -0.05) is 48.0 Å². The first-order valence-electron chi connectivity index (χ1n) is 6.68. The summed E-state index contributed by atoms with van der Waals surface area (Å²) < 4.78 is 5.36. The van der Waals surface area contributed by atoms with Gasteiger partial charge in [0.25, 0.3) is 5.91 Å². The minimum absolute atomic E-state index is 0.118. The van der Waals surface area contributed by atoms with Crippen LogP contribution in [-0.2, 0) is 4.79 Å². The predicted octanol–water partition coefficient (Wildman–Crippen LogP) is 2.87. The summed E-state index contributed by atoms with van der Waals surface area (Å²) in [6.45, 7) is -0.196. The lowest BCUT2D eigenvalue weighted by atomic mass is 10.1. The Hall–Kier alpha value is -2.24. The number of amides is 2. The van der Waals surface area contributed by atoms with Crippen molar-refractivity contribution < 1.29 is 14.3 Å². The molecular weight excluding hydrogens is 339 g/mol. The molecule has 0 aromatic heterocycles. The van der Waals surface area contributed by atoms with Gasteiger partial charge in [0.2, 0.25) is 5.91 Å². The van der Waals surface area contributed by atoms with Gasteiger partial charge in [-0.15, -0.1) is 11.6 Å². The second-order valence-electron chi connectivity index (χ2n) is 4.58. The van der Waals surface area contributed by atoms with Gasteiger partial charge in [0, 0.05) is 0 Å². The third-order valence-corrected chi connectivity index (χ3v) is 3.77. The van der Waals surface area contributed by atoms with Gasteiger partial charge in [-0.25, -0.2) is 0 Å². The minimum Gasteiger partial charge on any atom is -0.471 e. The molecule has 2 amide bonds. The van der Waals surface area contributed by atoms with E-state index in [0.29, 0.717) is 5.56 Å². The summed E-state index contributed by atoms with van der Waals surface area (Å²) in [7, 11) is 0. The number of nitrogens with two attached hydrogens (primary N) is 1. The highest BCUT2D eigenvalue weighted by molar-refractivity contribution is 6.32. The Balaban J connectivity index is 1.98. The van der Waals surface area contributed by atoms with E-state index in [9.17, 15) is 9.59 Å². The summed E-state index contributed by atoms with van der Waals surface area (Å²) in [4.78, 5) is 23.3. The number of hydrogen-bond acceptors (Lipinski definition) is 3. The van der Waals surface area contributed by atoms with Crippen molar-refractivity contribution in [3.8, 4) is 5.75 Å². The number of benzene rings is 2. The highest BCUT2D eigenvalue weighted by atomic mass is 35.5. The summed E-state index contributed by atoms with van der Waals surface area (Å²) in [6.07, 6.45) is 0. The molecule has 2 rings (SSSR count). The maximum atomic E-state index is 12.0. The Kier molecular flexibility index (Phi) is 5.84. The van der Waals surface area contributed by atoms with Crippen LogP contribution in [0.5, 0.6) is 5.75 Å². The standard InChI is InChI=1S/C16H14Cl2N2O3/c17-12-8-4-7-11(15(19)21)14(12)23-9-20-16(22)13(18)10-5-2-1-3-6-10/h1-8,13H,9H2,(H2,19,21)(H,20,22). The summed E-state index contributed by atoms with van der Waals surface area (Å²) in [6, 6.07) is 13.5. The Morgan fingerprint density at radius 3 is 2.48 bits per heavy atom. The molecule has 1 atom stereocenters. The smallest absolute Gasteiger partial charge is 0.252 e. The molecule has 0 heterocycles. The van der Waals surface area contributed by atoms with Crippen LogP contribution in [0.3, 0.4) is 0 Å². The normalized spacial score (nSPS) is 11.6. The van der Waals surface area contributed by atoms with Gasteiger partial charge in [-0.3, -0.25) is 9.59 Å². The van der Waals surface area contributed by atoms with E-state index in [1.807, 2.05) is 6.07 Å². The van der Waals surface area contributed by atoms with Gasteiger partial charge in [0.05, 0.1) is 10.6 Å². The molecule has 5 nitrogen and oxygen atoms in total. The number of nitrogens with one attached hydrogen (secondary N) is 1. The summed E-state index contributed by atoms with van der Waals surface area (Å²) in [5.41, 5.74) is 6.06. The van der Waals surface area contributed by atoms with Crippen molar-refractivity contribution >= 4 is 35.0 Å². The van der Waals surface area contributed by atoms with Crippen LogP contribution in [0, 0.1) is 0 Å². The van der Waals surface area contributed by atoms with E-state index in [-0.39, 0.29) is 23.1 Å². The zero-order valence-electron chi connectivity index (χ0n) is 12.0. The molecule has 3 N–H and O–H groups in total. The van der Waals surface area contributed by atoms with E-state index < -0.39 is 17.2 Å². The van der Waals surface area contributed by atoms with Crippen LogP contribution in [0.2, 0.25) is 5.02 Å². The van der Waals surface area contributed by atoms with Crippen LogP contribution < -0.4 is 15.8 Å². The maximum Gasteiger partial charge on any atom is 0.252 e. The summed E-state index contributed by atoms with van der Waals surface area (Å²) in [5, 5.41) is 1.90. The molecule has 0 aliphatic carbocycles. The fourth-order valence-corrected chi connectivity index (χ4v) is 2.34. The second kappa shape index (κ2) is 7.85. The molecule has 1 unspecified atom stereocenters. The van der Waals surface area contributed by atoms with Gasteiger partial charge in [-0.05, 0) is 17.7 Å². The van der Waals surface area contributed by atoms with Crippen molar-refractivity contribution in [1.29, 1.82) is 0 Å². The van der Waals surface area contributed by atoms with Crippen molar-refractivity contribution in [2.75, 3.05) is 6.73 Å². The van der Waals surface area contributed by atoms with Gasteiger partial charge < -0.3 is 15.8 Å². The molecule has 0 saturated heterocycles. The van der Waals surface area contributed by atoms with E-state index in [0.717, 1.165) is 0 Å². The number of halogens is 2. The van der Waals surface area contributed by atoms with Crippen LogP contribution in [0.25, 0.3) is 0 Å². The molecule has 23 heavy (non-hydrogen) atoms. The zero-order chi connectivity index (χ0) is 16.8. The van der Waals surface area contributed by atoms with Gasteiger partial charge in [0.15, 0.2) is 12.5 Å². The molecule has 0 bridgehead atoms. The molecule has 0 saturated carbocycles. The number of ether oxygens (including phenoxy) is 1. The Morgan fingerprint density at radius 1 is 1.13 bits per heavy atom. The number of para-hydroxylation sites is 1.